The van der Waals surface area contributed by atoms with Crippen molar-refractivity contribution in [2.45, 2.75) is 19.5 Å². The molecule has 0 radical (unpaired) electrons. The first-order valence-electron chi connectivity index (χ1n) is 7.77. The first-order chi connectivity index (χ1) is 10.8. The number of anilines is 1. The first-order valence-corrected chi connectivity index (χ1v) is 7.77. The highest BCUT2D eigenvalue weighted by Gasteiger charge is 2.19. The molecule has 4 rings (SSSR count). The molecule has 0 fully saturated rings. The molecular formula is C17H20N4O. The van der Waals surface area contributed by atoms with Crippen molar-refractivity contribution >= 4 is 16.8 Å². The van der Waals surface area contributed by atoms with Gasteiger partial charge in [0.15, 0.2) is 0 Å². The Morgan fingerprint density at radius 3 is 3.23 bits per heavy atom. The minimum Gasteiger partial charge on any atom is -0.459 e. The van der Waals surface area contributed by atoms with Gasteiger partial charge in [0.25, 0.3) is 0 Å². The second-order valence-corrected chi connectivity index (χ2v) is 5.96. The van der Waals surface area contributed by atoms with E-state index >= 15 is 0 Å². The molecule has 5 nitrogen and oxygen atoms in total. The van der Waals surface area contributed by atoms with E-state index in [9.17, 15) is 0 Å². The molecule has 1 aliphatic rings. The average molecular weight is 296 g/mol. The summed E-state index contributed by atoms with van der Waals surface area (Å²) in [5.74, 6) is 2.63. The van der Waals surface area contributed by atoms with Gasteiger partial charge in [-0.1, -0.05) is 18.2 Å². The fourth-order valence-electron chi connectivity index (χ4n) is 2.98. The predicted octanol–water partition coefficient (Wildman–Crippen LogP) is 3.02. The van der Waals surface area contributed by atoms with Crippen LogP contribution in [0.25, 0.3) is 11.0 Å². The minimum absolute atomic E-state index is 0.200. The number of furan rings is 1. The molecule has 3 heterocycles. The quantitative estimate of drug-likeness (QED) is 0.777. The second-order valence-electron chi connectivity index (χ2n) is 5.96. The Bertz CT molecular complexity index is 743. The van der Waals surface area contributed by atoms with Crippen molar-refractivity contribution in [3.05, 3.63) is 48.4 Å². The summed E-state index contributed by atoms with van der Waals surface area (Å²) in [7, 11) is 0. The van der Waals surface area contributed by atoms with Crippen LogP contribution in [0.2, 0.25) is 0 Å². The molecule has 0 amide bonds. The SMILES string of the molecule is C[C@@H](NC[C@@H]1CNc2ccnn2C1)c1cc2ccccc2o1. The molecule has 22 heavy (non-hydrogen) atoms. The van der Waals surface area contributed by atoms with E-state index in [1.165, 1.54) is 0 Å². The Kier molecular flexibility index (Phi) is 3.35. The van der Waals surface area contributed by atoms with Crippen molar-refractivity contribution in [2.75, 3.05) is 18.4 Å². The second kappa shape index (κ2) is 5.50. The minimum atomic E-state index is 0.200. The number of nitrogens with zero attached hydrogens (tertiary/aromatic N) is 2. The zero-order chi connectivity index (χ0) is 14.9. The third kappa shape index (κ3) is 2.48. The van der Waals surface area contributed by atoms with Gasteiger partial charge in [-0.15, -0.1) is 0 Å². The van der Waals surface area contributed by atoms with Gasteiger partial charge < -0.3 is 15.1 Å². The number of hydrogen-bond donors (Lipinski definition) is 2. The summed E-state index contributed by atoms with van der Waals surface area (Å²) < 4.78 is 7.95. The molecule has 0 aliphatic carbocycles. The van der Waals surface area contributed by atoms with Crippen molar-refractivity contribution < 1.29 is 4.42 Å². The normalized spacial score (nSPS) is 18.9. The summed E-state index contributed by atoms with van der Waals surface area (Å²) in [5.41, 5.74) is 0.951. The van der Waals surface area contributed by atoms with Crippen LogP contribution in [0.1, 0.15) is 18.7 Å². The topological polar surface area (TPSA) is 55.0 Å². The van der Waals surface area contributed by atoms with Crippen molar-refractivity contribution in [2.24, 2.45) is 5.92 Å². The zero-order valence-corrected chi connectivity index (χ0v) is 12.6. The van der Waals surface area contributed by atoms with E-state index in [0.717, 1.165) is 42.2 Å². The van der Waals surface area contributed by atoms with Crippen LogP contribution < -0.4 is 10.6 Å². The molecule has 0 spiro atoms. The van der Waals surface area contributed by atoms with E-state index in [1.54, 1.807) is 0 Å². The smallest absolute Gasteiger partial charge is 0.134 e. The molecule has 114 valence electrons. The van der Waals surface area contributed by atoms with Crippen LogP contribution in [0, 0.1) is 5.92 Å². The molecule has 1 aliphatic heterocycles. The number of para-hydroxylation sites is 1. The highest BCUT2D eigenvalue weighted by molar-refractivity contribution is 5.77. The predicted molar refractivity (Wildman–Crippen MR) is 86.8 cm³/mol. The van der Waals surface area contributed by atoms with Crippen LogP contribution >= 0.6 is 0 Å². The molecule has 5 heteroatoms. The Labute approximate surface area is 129 Å². The van der Waals surface area contributed by atoms with E-state index < -0.39 is 0 Å². The summed E-state index contributed by atoms with van der Waals surface area (Å²) >= 11 is 0. The van der Waals surface area contributed by atoms with Gasteiger partial charge in [-0.05, 0) is 19.1 Å². The summed E-state index contributed by atoms with van der Waals surface area (Å²) in [4.78, 5) is 0. The highest BCUT2D eigenvalue weighted by atomic mass is 16.3. The summed E-state index contributed by atoms with van der Waals surface area (Å²) in [6.45, 7) is 5.01. The van der Waals surface area contributed by atoms with Crippen LogP contribution in [-0.4, -0.2) is 22.9 Å². The zero-order valence-electron chi connectivity index (χ0n) is 12.6. The standard InChI is InChI=1S/C17H20N4O/c1-12(16-8-14-4-2-3-5-15(14)22-16)18-9-13-10-19-17-6-7-20-21(17)11-13/h2-8,12-13,18-19H,9-11H2,1H3/t12-,13-/m1/s1. The van der Waals surface area contributed by atoms with Gasteiger partial charge in [0.1, 0.15) is 17.2 Å². The largest absolute Gasteiger partial charge is 0.459 e. The summed E-state index contributed by atoms with van der Waals surface area (Å²) in [5, 5.41) is 12.5. The lowest BCUT2D eigenvalue weighted by atomic mass is 10.1. The molecule has 2 aromatic heterocycles. The number of fused-ring (bicyclic) bond motifs is 2. The van der Waals surface area contributed by atoms with Crippen LogP contribution in [0.15, 0.2) is 47.0 Å². The molecule has 2 N–H and O–H groups in total. The van der Waals surface area contributed by atoms with Gasteiger partial charge >= 0.3 is 0 Å². The number of nitrogens with one attached hydrogen (secondary N) is 2. The third-order valence-electron chi connectivity index (χ3n) is 4.30. The fourth-order valence-corrected chi connectivity index (χ4v) is 2.98. The first kappa shape index (κ1) is 13.4. The lowest BCUT2D eigenvalue weighted by Gasteiger charge is -2.26. The van der Waals surface area contributed by atoms with Crippen molar-refractivity contribution in [1.29, 1.82) is 0 Å². The fraction of sp³-hybridized carbons (Fsp3) is 0.353. The molecule has 3 aromatic rings. The van der Waals surface area contributed by atoms with Gasteiger partial charge in [-0.25, -0.2) is 4.68 Å². The molecular weight excluding hydrogens is 276 g/mol. The van der Waals surface area contributed by atoms with E-state index in [2.05, 4.69) is 34.8 Å². The van der Waals surface area contributed by atoms with Crippen LogP contribution in [0.4, 0.5) is 5.82 Å². The van der Waals surface area contributed by atoms with E-state index in [4.69, 9.17) is 4.42 Å². The molecule has 0 bridgehead atoms. The van der Waals surface area contributed by atoms with E-state index in [-0.39, 0.29) is 6.04 Å². The number of rotatable bonds is 4. The average Bonchev–Trinajstić information content (AvgIpc) is 3.18. The van der Waals surface area contributed by atoms with Gasteiger partial charge in [-0.3, -0.25) is 0 Å². The summed E-state index contributed by atoms with van der Waals surface area (Å²) in [6.07, 6.45) is 1.84. The third-order valence-corrected chi connectivity index (χ3v) is 4.30. The van der Waals surface area contributed by atoms with Crippen molar-refractivity contribution in [3.63, 3.8) is 0 Å². The Balaban J connectivity index is 1.39. The molecule has 0 unspecified atom stereocenters. The maximum absolute atomic E-state index is 5.92. The number of aromatic nitrogens is 2. The Morgan fingerprint density at radius 2 is 2.32 bits per heavy atom. The lowest BCUT2D eigenvalue weighted by Crippen LogP contribution is -2.36. The van der Waals surface area contributed by atoms with E-state index in [0.29, 0.717) is 5.92 Å². The van der Waals surface area contributed by atoms with Gasteiger partial charge in [0.05, 0.1) is 12.2 Å². The van der Waals surface area contributed by atoms with Crippen molar-refractivity contribution in [3.8, 4) is 0 Å². The van der Waals surface area contributed by atoms with Gasteiger partial charge in [0.2, 0.25) is 0 Å². The molecule has 2 atom stereocenters. The van der Waals surface area contributed by atoms with Gasteiger partial charge in [0, 0.05) is 37.0 Å². The van der Waals surface area contributed by atoms with Crippen LogP contribution in [-0.2, 0) is 6.54 Å². The Morgan fingerprint density at radius 1 is 1.41 bits per heavy atom. The monoisotopic (exact) mass is 296 g/mol. The highest BCUT2D eigenvalue weighted by Crippen LogP contribution is 2.24. The van der Waals surface area contributed by atoms with Crippen LogP contribution in [0.5, 0.6) is 0 Å². The van der Waals surface area contributed by atoms with E-state index in [1.807, 2.05) is 35.1 Å². The molecule has 0 saturated carbocycles. The lowest BCUT2D eigenvalue weighted by molar-refractivity contribution is 0.360. The van der Waals surface area contributed by atoms with Gasteiger partial charge in [-0.2, -0.15) is 5.10 Å². The maximum Gasteiger partial charge on any atom is 0.134 e. The number of benzene rings is 1. The maximum atomic E-state index is 5.92. The molecule has 0 saturated heterocycles. The number of hydrogen-bond acceptors (Lipinski definition) is 4. The summed E-state index contributed by atoms with van der Waals surface area (Å²) in [6, 6.07) is 12.5. The molecule has 1 aromatic carbocycles. The van der Waals surface area contributed by atoms with Crippen LogP contribution in [0.3, 0.4) is 0 Å². The van der Waals surface area contributed by atoms with Crippen molar-refractivity contribution in [1.82, 2.24) is 15.1 Å². The Hall–Kier alpha value is -2.27.